The molecule has 108 valence electrons. The van der Waals surface area contributed by atoms with Gasteiger partial charge in [-0.25, -0.2) is 4.79 Å². The molecule has 0 aromatic heterocycles. The third-order valence-corrected chi connectivity index (χ3v) is 3.62. The van der Waals surface area contributed by atoms with Gasteiger partial charge >= 0.3 is 6.03 Å². The number of fused-ring (bicyclic) bond motifs is 1. The Labute approximate surface area is 119 Å². The number of Topliss-reactive ketones (excluding diaryl/α,β-unsaturated/α-hetero) is 1. The summed E-state index contributed by atoms with van der Waals surface area (Å²) in [6, 6.07) is 5.23. The first-order valence-electron chi connectivity index (χ1n) is 6.90. The normalized spacial score (nSPS) is 13.9. The standard InChI is InChI=1S/C15H20N2O3/c1-4-16(5-2)15(19)17-10-9-12(18)11-7-6-8-13(20-3)14(11)17/h6-8H,4-5,9-10H2,1-3H3. The number of urea groups is 1. The molecule has 0 radical (unpaired) electrons. The second-order valence-corrected chi connectivity index (χ2v) is 4.64. The molecule has 20 heavy (non-hydrogen) atoms. The Morgan fingerprint density at radius 2 is 2.05 bits per heavy atom. The van der Waals surface area contributed by atoms with Crippen molar-refractivity contribution < 1.29 is 14.3 Å². The lowest BCUT2D eigenvalue weighted by molar-refractivity contribution is 0.0979. The fraction of sp³-hybridized carbons (Fsp3) is 0.467. The van der Waals surface area contributed by atoms with Gasteiger partial charge in [0.25, 0.3) is 0 Å². The van der Waals surface area contributed by atoms with Crippen molar-refractivity contribution in [1.82, 2.24) is 4.90 Å². The van der Waals surface area contributed by atoms with Gasteiger partial charge in [0.2, 0.25) is 0 Å². The molecule has 2 rings (SSSR count). The van der Waals surface area contributed by atoms with Gasteiger partial charge in [-0.2, -0.15) is 0 Å². The molecule has 5 nitrogen and oxygen atoms in total. The molecule has 0 fully saturated rings. The number of ether oxygens (including phenoxy) is 1. The SMILES string of the molecule is CCN(CC)C(=O)N1CCC(=O)c2cccc(OC)c21. The Morgan fingerprint density at radius 3 is 2.65 bits per heavy atom. The second kappa shape index (κ2) is 5.94. The summed E-state index contributed by atoms with van der Waals surface area (Å²) in [6.45, 7) is 5.58. The third kappa shape index (κ3) is 2.35. The molecule has 1 aromatic rings. The average Bonchev–Trinajstić information content (AvgIpc) is 2.48. The zero-order valence-corrected chi connectivity index (χ0v) is 12.2. The molecule has 0 spiro atoms. The maximum atomic E-state index is 12.6. The minimum absolute atomic E-state index is 0.0579. The predicted molar refractivity (Wildman–Crippen MR) is 77.6 cm³/mol. The van der Waals surface area contributed by atoms with Crippen LogP contribution in [0.4, 0.5) is 10.5 Å². The number of carbonyl (C=O) groups excluding carboxylic acids is 2. The highest BCUT2D eigenvalue weighted by atomic mass is 16.5. The van der Waals surface area contributed by atoms with Crippen molar-refractivity contribution in [3.63, 3.8) is 0 Å². The average molecular weight is 276 g/mol. The fourth-order valence-electron chi connectivity index (χ4n) is 2.51. The molecular formula is C15H20N2O3. The third-order valence-electron chi connectivity index (χ3n) is 3.62. The van der Waals surface area contributed by atoms with Crippen molar-refractivity contribution >= 4 is 17.5 Å². The largest absolute Gasteiger partial charge is 0.495 e. The van der Waals surface area contributed by atoms with Gasteiger partial charge in [-0.05, 0) is 26.0 Å². The quantitative estimate of drug-likeness (QED) is 0.852. The molecule has 2 amide bonds. The molecule has 5 heteroatoms. The van der Waals surface area contributed by atoms with Crippen LogP contribution in [0.15, 0.2) is 18.2 Å². The molecule has 0 atom stereocenters. The van der Waals surface area contributed by atoms with Crippen LogP contribution < -0.4 is 9.64 Å². The van der Waals surface area contributed by atoms with Crippen LogP contribution in [0.5, 0.6) is 5.75 Å². The van der Waals surface area contributed by atoms with E-state index in [0.717, 1.165) is 0 Å². The Morgan fingerprint density at radius 1 is 1.35 bits per heavy atom. The summed E-state index contributed by atoms with van der Waals surface area (Å²) in [4.78, 5) is 28.0. The molecule has 1 aliphatic rings. The molecule has 0 N–H and O–H groups in total. The molecule has 0 saturated heterocycles. The van der Waals surface area contributed by atoms with E-state index in [2.05, 4.69) is 0 Å². The Kier molecular flexibility index (Phi) is 4.27. The van der Waals surface area contributed by atoms with Crippen LogP contribution in [0, 0.1) is 0 Å². The van der Waals surface area contributed by atoms with Crippen LogP contribution in [-0.2, 0) is 0 Å². The van der Waals surface area contributed by atoms with Crippen LogP contribution >= 0.6 is 0 Å². The van der Waals surface area contributed by atoms with Gasteiger partial charge in [-0.15, -0.1) is 0 Å². The molecule has 0 aliphatic carbocycles. The zero-order chi connectivity index (χ0) is 14.7. The van der Waals surface area contributed by atoms with E-state index in [0.29, 0.717) is 43.1 Å². The number of benzene rings is 1. The van der Waals surface area contributed by atoms with Crippen LogP contribution in [-0.4, -0.2) is 43.5 Å². The fourth-order valence-corrected chi connectivity index (χ4v) is 2.51. The summed E-state index contributed by atoms with van der Waals surface area (Å²) in [7, 11) is 1.55. The number of carbonyl (C=O) groups is 2. The summed E-state index contributed by atoms with van der Waals surface area (Å²) in [5.74, 6) is 0.624. The molecule has 0 unspecified atom stereocenters. The van der Waals surface area contributed by atoms with Gasteiger partial charge in [0.15, 0.2) is 5.78 Å². The molecule has 1 aliphatic heterocycles. The number of rotatable bonds is 3. The van der Waals surface area contributed by atoms with Crippen molar-refractivity contribution in [3.8, 4) is 5.75 Å². The van der Waals surface area contributed by atoms with Gasteiger partial charge in [-0.3, -0.25) is 9.69 Å². The summed E-state index contributed by atoms with van der Waals surface area (Å²) in [6.07, 6.45) is 0.354. The Balaban J connectivity index is 2.47. The number of methoxy groups -OCH3 is 1. The Hall–Kier alpha value is -2.04. The summed E-state index contributed by atoms with van der Waals surface area (Å²) in [5.41, 5.74) is 1.17. The molecule has 1 aromatic carbocycles. The van der Waals surface area contributed by atoms with Crippen molar-refractivity contribution in [2.45, 2.75) is 20.3 Å². The summed E-state index contributed by atoms with van der Waals surface area (Å²) < 4.78 is 5.32. The van der Waals surface area contributed by atoms with Crippen LogP contribution in [0.3, 0.4) is 0 Å². The molecular weight excluding hydrogens is 256 g/mol. The molecule has 0 saturated carbocycles. The highest BCUT2D eigenvalue weighted by Gasteiger charge is 2.31. The number of ketones is 1. The van der Waals surface area contributed by atoms with E-state index in [1.54, 1.807) is 35.1 Å². The van der Waals surface area contributed by atoms with Crippen molar-refractivity contribution in [3.05, 3.63) is 23.8 Å². The number of anilines is 1. The topological polar surface area (TPSA) is 49.9 Å². The second-order valence-electron chi connectivity index (χ2n) is 4.64. The maximum Gasteiger partial charge on any atom is 0.324 e. The molecule has 1 heterocycles. The van der Waals surface area contributed by atoms with E-state index < -0.39 is 0 Å². The Bertz CT molecular complexity index is 524. The van der Waals surface area contributed by atoms with Crippen LogP contribution in [0.2, 0.25) is 0 Å². The predicted octanol–water partition coefficient (Wildman–Crippen LogP) is 2.55. The minimum atomic E-state index is -0.0757. The van der Waals surface area contributed by atoms with Gasteiger partial charge < -0.3 is 9.64 Å². The lowest BCUT2D eigenvalue weighted by Crippen LogP contribution is -2.46. The molecule has 0 bridgehead atoms. The van der Waals surface area contributed by atoms with Gasteiger partial charge in [0.05, 0.1) is 12.8 Å². The van der Waals surface area contributed by atoms with Gasteiger partial charge in [0, 0.05) is 31.6 Å². The van der Waals surface area contributed by atoms with E-state index in [-0.39, 0.29) is 11.8 Å². The minimum Gasteiger partial charge on any atom is -0.495 e. The first-order chi connectivity index (χ1) is 9.63. The van der Waals surface area contributed by atoms with E-state index >= 15 is 0 Å². The van der Waals surface area contributed by atoms with E-state index in [4.69, 9.17) is 4.74 Å². The van der Waals surface area contributed by atoms with Crippen molar-refractivity contribution in [1.29, 1.82) is 0 Å². The first-order valence-corrected chi connectivity index (χ1v) is 6.90. The van der Waals surface area contributed by atoms with Crippen molar-refractivity contribution in [2.75, 3.05) is 31.6 Å². The van der Waals surface area contributed by atoms with Crippen molar-refractivity contribution in [2.24, 2.45) is 0 Å². The highest BCUT2D eigenvalue weighted by Crippen LogP contribution is 2.36. The van der Waals surface area contributed by atoms with Crippen LogP contribution in [0.1, 0.15) is 30.6 Å². The lowest BCUT2D eigenvalue weighted by atomic mass is 10.00. The van der Waals surface area contributed by atoms with Gasteiger partial charge in [0.1, 0.15) is 5.75 Å². The van der Waals surface area contributed by atoms with E-state index in [9.17, 15) is 9.59 Å². The number of hydrogen-bond acceptors (Lipinski definition) is 3. The lowest BCUT2D eigenvalue weighted by Gasteiger charge is -2.33. The van der Waals surface area contributed by atoms with E-state index in [1.807, 2.05) is 13.8 Å². The number of hydrogen-bond donors (Lipinski definition) is 0. The highest BCUT2D eigenvalue weighted by molar-refractivity contribution is 6.09. The summed E-state index contributed by atoms with van der Waals surface area (Å²) >= 11 is 0. The first kappa shape index (κ1) is 14.4. The number of amides is 2. The number of nitrogens with zero attached hydrogens (tertiary/aromatic N) is 2. The van der Waals surface area contributed by atoms with E-state index in [1.165, 1.54) is 0 Å². The monoisotopic (exact) mass is 276 g/mol. The van der Waals surface area contributed by atoms with Crippen LogP contribution in [0.25, 0.3) is 0 Å². The maximum absolute atomic E-state index is 12.6. The summed E-state index contributed by atoms with van der Waals surface area (Å²) in [5, 5.41) is 0. The number of para-hydroxylation sites is 1. The zero-order valence-electron chi connectivity index (χ0n) is 12.2. The van der Waals surface area contributed by atoms with Gasteiger partial charge in [-0.1, -0.05) is 6.07 Å². The smallest absolute Gasteiger partial charge is 0.324 e.